The highest BCUT2D eigenvalue weighted by Gasteiger charge is 2.37. The molecule has 0 unspecified atom stereocenters. The second kappa shape index (κ2) is 15.3. The lowest BCUT2D eigenvalue weighted by atomic mass is 10.2. The van der Waals surface area contributed by atoms with Crippen molar-refractivity contribution >= 4 is 5.82 Å². The molecule has 32 heavy (non-hydrogen) atoms. The maximum Gasteiger partial charge on any atom is 0.351 e. The molecule has 10 nitrogen and oxygen atoms in total. The number of anilines is 1. The summed E-state index contributed by atoms with van der Waals surface area (Å²) in [5, 5.41) is 10.1. The lowest BCUT2D eigenvalue weighted by Gasteiger charge is -2.17. The number of ether oxygens (including phenoxy) is 3. The van der Waals surface area contributed by atoms with Crippen molar-refractivity contribution in [2.24, 2.45) is 5.73 Å². The zero-order valence-corrected chi connectivity index (χ0v) is 19.9. The van der Waals surface area contributed by atoms with Gasteiger partial charge in [0.25, 0.3) is 0 Å². The average molecular weight is 455 g/mol. The lowest BCUT2D eigenvalue weighted by Crippen LogP contribution is -2.29. The van der Waals surface area contributed by atoms with Gasteiger partial charge in [0.05, 0.1) is 12.7 Å². The zero-order valence-electron chi connectivity index (χ0n) is 19.9. The fourth-order valence-electron chi connectivity index (χ4n) is 3.78. The summed E-state index contributed by atoms with van der Waals surface area (Å²) < 4.78 is 18.2. The van der Waals surface area contributed by atoms with Gasteiger partial charge < -0.3 is 35.9 Å². The van der Waals surface area contributed by atoms with Crippen molar-refractivity contribution in [1.29, 1.82) is 0 Å². The van der Waals surface area contributed by atoms with E-state index in [9.17, 15) is 4.79 Å². The first-order chi connectivity index (χ1) is 15.6. The molecule has 1 aliphatic rings. The number of aromatic nitrogens is 2. The van der Waals surface area contributed by atoms with Crippen molar-refractivity contribution < 1.29 is 14.2 Å². The molecule has 1 saturated heterocycles. The molecule has 3 atom stereocenters. The second-order valence-electron chi connectivity index (χ2n) is 8.19. The van der Waals surface area contributed by atoms with Crippen LogP contribution in [0.4, 0.5) is 5.82 Å². The van der Waals surface area contributed by atoms with Crippen LogP contribution in [0, 0.1) is 6.92 Å². The van der Waals surface area contributed by atoms with Crippen LogP contribution in [0.3, 0.4) is 0 Å². The van der Waals surface area contributed by atoms with Crippen LogP contribution in [0.15, 0.2) is 11.0 Å². The summed E-state index contributed by atoms with van der Waals surface area (Å²) in [7, 11) is 3.27. The fourth-order valence-corrected chi connectivity index (χ4v) is 3.78. The Hall–Kier alpha value is -1.56. The summed E-state index contributed by atoms with van der Waals surface area (Å²) in [6, 6.07) is 0. The van der Waals surface area contributed by atoms with Gasteiger partial charge in [-0.2, -0.15) is 4.98 Å². The van der Waals surface area contributed by atoms with Crippen LogP contribution in [0.2, 0.25) is 0 Å². The Labute approximate surface area is 191 Å². The molecule has 0 spiro atoms. The van der Waals surface area contributed by atoms with Gasteiger partial charge in [0, 0.05) is 38.9 Å². The topological polar surface area (TPSA) is 125 Å². The van der Waals surface area contributed by atoms with E-state index in [4.69, 9.17) is 19.9 Å². The van der Waals surface area contributed by atoms with Crippen molar-refractivity contribution in [3.8, 4) is 0 Å². The molecular weight excluding hydrogens is 412 g/mol. The van der Waals surface area contributed by atoms with E-state index < -0.39 is 6.23 Å². The maximum atomic E-state index is 12.6. The SMILES string of the molecule is COC[C@H]1O[C@@H](n2cc(C)c(NCCCNCCCCNCCCN)nc2=O)C[C@H]1OC. The molecule has 2 heterocycles. The third-order valence-corrected chi connectivity index (χ3v) is 5.60. The molecule has 10 heteroatoms. The first-order valence-corrected chi connectivity index (χ1v) is 11.7. The molecule has 0 aromatic carbocycles. The summed E-state index contributed by atoms with van der Waals surface area (Å²) in [6.07, 6.45) is 6.01. The minimum absolute atomic E-state index is 0.107. The number of nitrogens with zero attached hydrogens (tertiary/aromatic N) is 2. The van der Waals surface area contributed by atoms with Gasteiger partial charge in [0.15, 0.2) is 0 Å². The Balaban J connectivity index is 1.68. The number of nitrogens with one attached hydrogen (secondary N) is 3. The van der Waals surface area contributed by atoms with Gasteiger partial charge in [-0.1, -0.05) is 0 Å². The molecule has 1 fully saturated rings. The molecule has 1 aliphatic heterocycles. The summed E-state index contributed by atoms with van der Waals surface area (Å²) in [4.78, 5) is 16.8. The molecule has 2 rings (SSSR count). The second-order valence-corrected chi connectivity index (χ2v) is 8.19. The predicted octanol–water partition coefficient (Wildman–Crippen LogP) is 0.611. The molecule has 0 aliphatic carbocycles. The molecule has 0 saturated carbocycles. The Kier molecular flexibility index (Phi) is 12.8. The van der Waals surface area contributed by atoms with Crippen molar-refractivity contribution in [1.82, 2.24) is 20.2 Å². The van der Waals surface area contributed by atoms with Crippen LogP contribution in [0.1, 0.15) is 43.9 Å². The largest absolute Gasteiger partial charge is 0.382 e. The molecule has 5 N–H and O–H groups in total. The molecule has 0 amide bonds. The van der Waals surface area contributed by atoms with Crippen molar-refractivity contribution in [3.05, 3.63) is 22.2 Å². The van der Waals surface area contributed by atoms with Gasteiger partial charge in [-0.05, 0) is 65.3 Å². The van der Waals surface area contributed by atoms with Crippen LogP contribution in [0.5, 0.6) is 0 Å². The fraction of sp³-hybridized carbons (Fsp3) is 0.818. The smallest absolute Gasteiger partial charge is 0.351 e. The van der Waals surface area contributed by atoms with E-state index >= 15 is 0 Å². The predicted molar refractivity (Wildman–Crippen MR) is 126 cm³/mol. The third-order valence-electron chi connectivity index (χ3n) is 5.60. The Morgan fingerprint density at radius 3 is 2.47 bits per heavy atom. The number of hydrogen-bond donors (Lipinski definition) is 4. The minimum Gasteiger partial charge on any atom is -0.382 e. The average Bonchev–Trinajstić information content (AvgIpc) is 3.19. The lowest BCUT2D eigenvalue weighted by molar-refractivity contribution is -0.0618. The Bertz CT molecular complexity index is 701. The number of nitrogens with two attached hydrogens (primary N) is 1. The highest BCUT2D eigenvalue weighted by atomic mass is 16.6. The van der Waals surface area contributed by atoms with E-state index in [0.29, 0.717) is 18.8 Å². The van der Waals surface area contributed by atoms with Crippen molar-refractivity contribution in [2.75, 3.05) is 65.4 Å². The molecular formula is C22H42N6O4. The van der Waals surface area contributed by atoms with E-state index in [1.807, 2.05) is 13.1 Å². The summed E-state index contributed by atoms with van der Waals surface area (Å²) in [5.74, 6) is 0.629. The molecule has 184 valence electrons. The number of methoxy groups -OCH3 is 2. The normalized spacial score (nSPS) is 20.7. The van der Waals surface area contributed by atoms with E-state index in [0.717, 1.165) is 70.5 Å². The standard InChI is InChI=1S/C22H42N6O4/c1-17-15-28(20-14-18(31-3)19(32-20)16-30-2)22(29)27-21(17)26-13-7-12-25-10-5-4-9-24-11-6-8-23/h15,18-20,24-25H,4-14,16,23H2,1-3H3,(H,26,27,29)/t18-,19-,20-/m1/s1. The Morgan fingerprint density at radius 1 is 1.12 bits per heavy atom. The van der Waals surface area contributed by atoms with E-state index in [2.05, 4.69) is 20.9 Å². The Morgan fingerprint density at radius 2 is 1.81 bits per heavy atom. The molecule has 0 bridgehead atoms. The zero-order chi connectivity index (χ0) is 23.2. The van der Waals surface area contributed by atoms with Crippen LogP contribution < -0.4 is 27.4 Å². The summed E-state index contributed by atoms with van der Waals surface area (Å²) in [6.45, 7) is 7.87. The van der Waals surface area contributed by atoms with Crippen LogP contribution in [0.25, 0.3) is 0 Å². The van der Waals surface area contributed by atoms with Gasteiger partial charge >= 0.3 is 5.69 Å². The van der Waals surface area contributed by atoms with Gasteiger partial charge in [0.1, 0.15) is 18.1 Å². The quantitative estimate of drug-likeness (QED) is 0.251. The van der Waals surface area contributed by atoms with Gasteiger partial charge in [-0.25, -0.2) is 4.79 Å². The minimum atomic E-state index is -0.395. The monoisotopic (exact) mass is 454 g/mol. The number of aryl methyl sites for hydroxylation is 1. The number of hydrogen-bond acceptors (Lipinski definition) is 9. The van der Waals surface area contributed by atoms with Crippen molar-refractivity contribution in [2.45, 2.75) is 57.5 Å². The molecule has 0 radical (unpaired) electrons. The molecule has 1 aromatic heterocycles. The van der Waals surface area contributed by atoms with Gasteiger partial charge in [0.2, 0.25) is 0 Å². The molecule has 1 aromatic rings. The van der Waals surface area contributed by atoms with Gasteiger partial charge in [-0.15, -0.1) is 0 Å². The van der Waals surface area contributed by atoms with Crippen LogP contribution >= 0.6 is 0 Å². The number of unbranched alkanes of at least 4 members (excludes halogenated alkanes) is 1. The first-order valence-electron chi connectivity index (χ1n) is 11.7. The third kappa shape index (κ3) is 8.76. The van der Waals surface area contributed by atoms with Gasteiger partial charge in [-0.3, -0.25) is 4.57 Å². The summed E-state index contributed by atoms with van der Waals surface area (Å²) >= 11 is 0. The highest BCUT2D eigenvalue weighted by Crippen LogP contribution is 2.30. The number of rotatable bonds is 17. The van der Waals surface area contributed by atoms with E-state index in [1.54, 1.807) is 18.8 Å². The maximum absolute atomic E-state index is 12.6. The first kappa shape index (κ1) is 26.7. The van der Waals surface area contributed by atoms with Crippen LogP contribution in [-0.2, 0) is 14.2 Å². The van der Waals surface area contributed by atoms with E-state index in [-0.39, 0.29) is 17.9 Å². The van der Waals surface area contributed by atoms with Crippen molar-refractivity contribution in [3.63, 3.8) is 0 Å². The van der Waals surface area contributed by atoms with E-state index in [1.165, 1.54) is 0 Å². The highest BCUT2D eigenvalue weighted by molar-refractivity contribution is 5.41. The van der Waals surface area contributed by atoms with Crippen LogP contribution in [-0.4, -0.2) is 81.9 Å². The summed E-state index contributed by atoms with van der Waals surface area (Å²) in [5.41, 5.74) is 6.05.